The number of allylic oxidation sites excluding steroid dienone is 2. The number of fused-ring (bicyclic) bond motifs is 1. The number of nitrogens with one attached hydrogen (secondary N) is 4. The van der Waals surface area contributed by atoms with Crippen LogP contribution < -0.4 is 21.3 Å². The van der Waals surface area contributed by atoms with Crippen LogP contribution in [0.25, 0.3) is 5.70 Å². The Morgan fingerprint density at radius 2 is 1.91 bits per heavy atom. The van der Waals surface area contributed by atoms with Crippen LogP contribution in [-0.4, -0.2) is 74.7 Å². The van der Waals surface area contributed by atoms with Crippen molar-refractivity contribution in [2.45, 2.75) is 38.6 Å². The number of nitrogens with zero attached hydrogens (tertiary/aromatic N) is 2. The molecule has 5 aliphatic heterocycles. The number of halogens is 1. The monoisotopic (exact) mass is 478 g/mol. The Balaban J connectivity index is 1.31. The van der Waals surface area contributed by atoms with Crippen LogP contribution in [0.1, 0.15) is 37.3 Å². The molecule has 5 aliphatic rings. The van der Waals surface area contributed by atoms with E-state index < -0.39 is 0 Å². The van der Waals surface area contributed by atoms with Crippen molar-refractivity contribution in [1.82, 2.24) is 25.8 Å². The van der Waals surface area contributed by atoms with Gasteiger partial charge in [-0.25, -0.2) is 4.39 Å². The second kappa shape index (κ2) is 9.51. The van der Waals surface area contributed by atoms with Crippen LogP contribution in [0.4, 0.5) is 10.1 Å². The van der Waals surface area contributed by atoms with E-state index in [-0.39, 0.29) is 11.9 Å². The predicted octanol–water partition coefficient (Wildman–Crippen LogP) is 2.87. The molecule has 2 atom stereocenters. The van der Waals surface area contributed by atoms with Crippen LogP contribution in [0, 0.1) is 11.2 Å². The Morgan fingerprint density at radius 3 is 2.66 bits per heavy atom. The van der Waals surface area contributed by atoms with Gasteiger partial charge in [-0.3, -0.25) is 0 Å². The van der Waals surface area contributed by atoms with Crippen LogP contribution in [0.5, 0.6) is 0 Å². The molecule has 7 heteroatoms. The molecule has 0 saturated carbocycles. The molecule has 3 saturated heterocycles. The minimum atomic E-state index is -0.0900. The normalized spacial score (nSPS) is 28.6. The maximum Gasteiger partial charge on any atom is 0.127 e. The summed E-state index contributed by atoms with van der Waals surface area (Å²) >= 11 is 0. The molecular weight excluding hydrogens is 439 g/mol. The Hall–Kier alpha value is -2.51. The van der Waals surface area contributed by atoms with Gasteiger partial charge >= 0.3 is 0 Å². The van der Waals surface area contributed by atoms with Crippen LogP contribution in [-0.2, 0) is 6.42 Å². The molecule has 1 aromatic rings. The summed E-state index contributed by atoms with van der Waals surface area (Å²) in [7, 11) is 0. The van der Waals surface area contributed by atoms with E-state index in [2.05, 4.69) is 49.3 Å². The first-order valence-corrected chi connectivity index (χ1v) is 13.5. The van der Waals surface area contributed by atoms with Gasteiger partial charge in [0.25, 0.3) is 0 Å². The molecule has 0 aliphatic carbocycles. The zero-order chi connectivity index (χ0) is 23.8. The lowest BCUT2D eigenvalue weighted by Gasteiger charge is -2.37. The van der Waals surface area contributed by atoms with Crippen LogP contribution in [0.15, 0.2) is 41.8 Å². The van der Waals surface area contributed by atoms with Crippen molar-refractivity contribution in [2.75, 3.05) is 64.2 Å². The molecule has 0 aromatic heterocycles. The van der Waals surface area contributed by atoms with E-state index in [1.165, 1.54) is 36.4 Å². The average molecular weight is 479 g/mol. The molecule has 1 aromatic carbocycles. The fourth-order valence-electron chi connectivity index (χ4n) is 6.51. The van der Waals surface area contributed by atoms with E-state index in [9.17, 15) is 4.39 Å². The Labute approximate surface area is 208 Å². The molecule has 6 nitrogen and oxygen atoms in total. The standard InChI is InChI=1S/C28H39FN6/c1-2-20-14-25-22(15-23(20)29)26(35-11-7-28(19-35)6-3-8-31-18-28)16-24(33-25)21-4-5-27(32-17-21)34-12-9-30-10-13-34/h4-5,14-16,24,30-33H,2-3,6-13,17-19H2,1H3. The minimum Gasteiger partial charge on any atom is -0.374 e. The number of anilines is 1. The first-order valence-electron chi connectivity index (χ1n) is 13.5. The van der Waals surface area contributed by atoms with Gasteiger partial charge in [0.1, 0.15) is 11.6 Å². The van der Waals surface area contributed by atoms with Crippen molar-refractivity contribution in [2.24, 2.45) is 5.41 Å². The van der Waals surface area contributed by atoms with Crippen molar-refractivity contribution in [3.63, 3.8) is 0 Å². The molecule has 188 valence electrons. The maximum atomic E-state index is 14.9. The van der Waals surface area contributed by atoms with Gasteiger partial charge in [-0.15, -0.1) is 0 Å². The molecular formula is C28H39FN6. The fourth-order valence-corrected chi connectivity index (χ4v) is 6.51. The number of hydrogen-bond donors (Lipinski definition) is 4. The van der Waals surface area contributed by atoms with Gasteiger partial charge in [0.05, 0.1) is 6.04 Å². The number of rotatable bonds is 4. The molecule has 2 unspecified atom stereocenters. The number of dihydropyridines is 1. The zero-order valence-electron chi connectivity index (χ0n) is 20.9. The third kappa shape index (κ3) is 4.45. The highest BCUT2D eigenvalue weighted by molar-refractivity contribution is 5.81. The largest absolute Gasteiger partial charge is 0.374 e. The van der Waals surface area contributed by atoms with Gasteiger partial charge in [-0.05, 0) is 67.6 Å². The first kappa shape index (κ1) is 22.9. The van der Waals surface area contributed by atoms with E-state index in [0.717, 1.165) is 75.7 Å². The third-order valence-corrected chi connectivity index (χ3v) is 8.60. The number of piperazine rings is 1. The number of benzene rings is 1. The summed E-state index contributed by atoms with van der Waals surface area (Å²) in [6.45, 7) is 11.3. The smallest absolute Gasteiger partial charge is 0.127 e. The SMILES string of the molecule is CCc1cc2c(cc1F)C(N1CCC3(CCCNC3)C1)=CC(C1=CC=C(N3CCNCC3)NC1)N2. The van der Waals surface area contributed by atoms with Crippen molar-refractivity contribution in [3.05, 3.63) is 58.7 Å². The molecule has 0 radical (unpaired) electrons. The van der Waals surface area contributed by atoms with Crippen LogP contribution in [0.3, 0.4) is 0 Å². The maximum absolute atomic E-state index is 14.9. The molecule has 4 N–H and O–H groups in total. The topological polar surface area (TPSA) is 54.6 Å². The number of likely N-dealkylation sites (tertiary alicyclic amines) is 1. The van der Waals surface area contributed by atoms with E-state index in [0.29, 0.717) is 11.8 Å². The molecule has 35 heavy (non-hydrogen) atoms. The molecule has 5 heterocycles. The highest BCUT2D eigenvalue weighted by atomic mass is 19.1. The molecule has 0 amide bonds. The number of hydrogen-bond acceptors (Lipinski definition) is 6. The van der Waals surface area contributed by atoms with Crippen molar-refractivity contribution in [1.29, 1.82) is 0 Å². The highest BCUT2D eigenvalue weighted by Crippen LogP contribution is 2.43. The first-order chi connectivity index (χ1) is 17.1. The van der Waals surface area contributed by atoms with Crippen molar-refractivity contribution in [3.8, 4) is 0 Å². The van der Waals surface area contributed by atoms with Crippen molar-refractivity contribution < 1.29 is 4.39 Å². The molecule has 1 spiro atoms. The number of aryl methyl sites for hydroxylation is 1. The second-order valence-electron chi connectivity index (χ2n) is 10.9. The Bertz CT molecular complexity index is 1050. The summed E-state index contributed by atoms with van der Waals surface area (Å²) in [4.78, 5) is 4.95. The lowest BCUT2D eigenvalue weighted by atomic mass is 9.80. The zero-order valence-corrected chi connectivity index (χ0v) is 20.9. The van der Waals surface area contributed by atoms with Gasteiger partial charge in [0, 0.05) is 74.7 Å². The van der Waals surface area contributed by atoms with Gasteiger partial charge < -0.3 is 31.1 Å². The van der Waals surface area contributed by atoms with E-state index in [1.54, 1.807) is 6.07 Å². The second-order valence-corrected chi connectivity index (χ2v) is 10.9. The summed E-state index contributed by atoms with van der Waals surface area (Å²) in [6.07, 6.45) is 11.3. The van der Waals surface area contributed by atoms with Crippen molar-refractivity contribution >= 4 is 11.4 Å². The average Bonchev–Trinajstić information content (AvgIpc) is 3.31. The Kier molecular flexibility index (Phi) is 6.23. The molecule has 6 rings (SSSR count). The molecule has 3 fully saturated rings. The third-order valence-electron chi connectivity index (χ3n) is 8.60. The van der Waals surface area contributed by atoms with E-state index in [4.69, 9.17) is 0 Å². The summed E-state index contributed by atoms with van der Waals surface area (Å²) in [5, 5.41) is 14.5. The van der Waals surface area contributed by atoms with Gasteiger partial charge in [0.15, 0.2) is 0 Å². The minimum absolute atomic E-state index is 0.0900. The predicted molar refractivity (Wildman–Crippen MR) is 141 cm³/mol. The van der Waals surface area contributed by atoms with Crippen LogP contribution in [0.2, 0.25) is 0 Å². The van der Waals surface area contributed by atoms with Gasteiger partial charge in [-0.1, -0.05) is 13.0 Å². The lowest BCUT2D eigenvalue weighted by Crippen LogP contribution is -2.47. The van der Waals surface area contributed by atoms with E-state index >= 15 is 0 Å². The van der Waals surface area contributed by atoms with Gasteiger partial charge in [-0.2, -0.15) is 0 Å². The fraction of sp³-hybridized carbons (Fsp3) is 0.571. The quantitative estimate of drug-likeness (QED) is 0.534. The van der Waals surface area contributed by atoms with Crippen LogP contribution >= 0.6 is 0 Å². The summed E-state index contributed by atoms with van der Waals surface area (Å²) in [5.41, 5.74) is 5.73. The lowest BCUT2D eigenvalue weighted by molar-refractivity contribution is 0.221. The summed E-state index contributed by atoms with van der Waals surface area (Å²) in [5.74, 6) is 1.13. The summed E-state index contributed by atoms with van der Waals surface area (Å²) < 4.78 is 14.9. The molecule has 0 bridgehead atoms. The highest BCUT2D eigenvalue weighted by Gasteiger charge is 2.41. The van der Waals surface area contributed by atoms with E-state index in [1.807, 2.05) is 13.0 Å². The number of piperidine rings is 1. The summed E-state index contributed by atoms with van der Waals surface area (Å²) in [6, 6.07) is 3.91. The van der Waals surface area contributed by atoms with Gasteiger partial charge in [0.2, 0.25) is 0 Å². The Morgan fingerprint density at radius 1 is 1.03 bits per heavy atom.